The first kappa shape index (κ1) is 23.7. The molecule has 6 nitrogen and oxygen atoms in total. The number of guanidine groups is 1. The van der Waals surface area contributed by atoms with Gasteiger partial charge in [-0.3, -0.25) is 9.79 Å². The van der Waals surface area contributed by atoms with Crippen molar-refractivity contribution in [3.8, 4) is 0 Å². The maximum Gasteiger partial charge on any atom is 0.263 e. The third kappa shape index (κ3) is 8.48. The molecule has 2 rings (SSSR count). The Balaban J connectivity index is 0.00000364. The molecule has 1 heterocycles. The first-order valence-electron chi connectivity index (χ1n) is 8.44. The molecule has 1 atom stereocenters. The highest BCUT2D eigenvalue weighted by atomic mass is 127. The Labute approximate surface area is 186 Å². The van der Waals surface area contributed by atoms with Crippen LogP contribution in [0.1, 0.15) is 22.3 Å². The van der Waals surface area contributed by atoms with E-state index in [0.29, 0.717) is 23.2 Å². The lowest BCUT2D eigenvalue weighted by molar-refractivity contribution is 0.0957. The molecule has 0 bridgehead atoms. The smallest absolute Gasteiger partial charge is 0.263 e. The molecule has 0 spiro atoms. The largest absolute Gasteiger partial charge is 0.355 e. The lowest BCUT2D eigenvalue weighted by Crippen LogP contribution is -2.43. The Morgan fingerprint density at radius 2 is 1.93 bits per heavy atom. The molecule has 1 unspecified atom stereocenters. The maximum atomic E-state index is 12.0. The van der Waals surface area contributed by atoms with Gasteiger partial charge in [-0.15, -0.1) is 47.1 Å². The number of aliphatic imine (C=N–C) groups is 1. The monoisotopic (exact) mass is 519 g/mol. The lowest BCUT2D eigenvalue weighted by Gasteiger charge is -2.16. The number of rotatable bonds is 8. The highest BCUT2D eigenvalue weighted by molar-refractivity contribution is 14.0. The molecule has 148 valence electrons. The second-order valence-corrected chi connectivity index (χ2v) is 8.01. The van der Waals surface area contributed by atoms with E-state index in [2.05, 4.69) is 45.0 Å². The standard InChI is InChI=1S/C18H25N5OS2.HI/c1-13(26-15-7-5-4-6-8-15)11-22-18(19-3)21-10-9-20-17(24)16-14(2)23-12-25-16;/h4-8,12-13H,9-11H2,1-3H3,(H,20,24)(H2,19,21,22);1H. The molecule has 0 aliphatic carbocycles. The van der Waals surface area contributed by atoms with Crippen molar-refractivity contribution in [2.45, 2.75) is 24.0 Å². The van der Waals surface area contributed by atoms with Crippen LogP contribution in [-0.4, -0.2) is 48.8 Å². The third-order valence-corrected chi connectivity index (χ3v) is 5.56. The summed E-state index contributed by atoms with van der Waals surface area (Å²) in [6.45, 7) is 5.93. The normalized spacial score (nSPS) is 12.0. The van der Waals surface area contributed by atoms with Crippen molar-refractivity contribution in [3.05, 3.63) is 46.4 Å². The van der Waals surface area contributed by atoms with Gasteiger partial charge in [0.2, 0.25) is 0 Å². The average molecular weight is 519 g/mol. The summed E-state index contributed by atoms with van der Waals surface area (Å²) >= 11 is 3.18. The van der Waals surface area contributed by atoms with Gasteiger partial charge in [-0.1, -0.05) is 25.1 Å². The van der Waals surface area contributed by atoms with E-state index in [0.717, 1.165) is 18.2 Å². The summed E-state index contributed by atoms with van der Waals surface area (Å²) in [6, 6.07) is 10.3. The highest BCUT2D eigenvalue weighted by Crippen LogP contribution is 2.21. The van der Waals surface area contributed by atoms with Gasteiger partial charge in [0, 0.05) is 36.8 Å². The Kier molecular flexibility index (Phi) is 11.4. The van der Waals surface area contributed by atoms with Gasteiger partial charge in [0.05, 0.1) is 11.2 Å². The number of hydrogen-bond donors (Lipinski definition) is 3. The van der Waals surface area contributed by atoms with Gasteiger partial charge in [-0.25, -0.2) is 4.98 Å². The second-order valence-electron chi connectivity index (χ2n) is 5.64. The van der Waals surface area contributed by atoms with E-state index in [1.165, 1.54) is 16.2 Å². The number of benzene rings is 1. The van der Waals surface area contributed by atoms with Crippen LogP contribution in [0.3, 0.4) is 0 Å². The zero-order valence-corrected chi connectivity index (χ0v) is 19.7. The van der Waals surface area contributed by atoms with Crippen LogP contribution >= 0.6 is 47.1 Å². The van der Waals surface area contributed by atoms with Crippen molar-refractivity contribution >= 4 is 58.9 Å². The predicted molar refractivity (Wildman–Crippen MR) is 126 cm³/mol. The number of hydrogen-bond acceptors (Lipinski definition) is 5. The fourth-order valence-corrected chi connectivity index (χ4v) is 3.86. The highest BCUT2D eigenvalue weighted by Gasteiger charge is 2.10. The van der Waals surface area contributed by atoms with Crippen LogP contribution in [-0.2, 0) is 0 Å². The van der Waals surface area contributed by atoms with Crippen LogP contribution in [0.4, 0.5) is 0 Å². The molecule has 0 aliphatic heterocycles. The van der Waals surface area contributed by atoms with E-state index in [-0.39, 0.29) is 29.9 Å². The van der Waals surface area contributed by atoms with Gasteiger partial charge in [-0.05, 0) is 19.1 Å². The number of nitrogens with zero attached hydrogens (tertiary/aromatic N) is 2. The number of carbonyl (C=O) groups excluding carboxylic acids is 1. The first-order chi connectivity index (χ1) is 12.6. The zero-order valence-electron chi connectivity index (χ0n) is 15.7. The van der Waals surface area contributed by atoms with Crippen LogP contribution in [0.2, 0.25) is 0 Å². The number of aryl methyl sites for hydroxylation is 1. The Hall–Kier alpha value is -1.33. The maximum absolute atomic E-state index is 12.0. The number of nitrogens with one attached hydrogen (secondary N) is 3. The van der Waals surface area contributed by atoms with E-state index >= 15 is 0 Å². The topological polar surface area (TPSA) is 78.4 Å². The van der Waals surface area contributed by atoms with Crippen molar-refractivity contribution in [2.24, 2.45) is 4.99 Å². The van der Waals surface area contributed by atoms with E-state index in [4.69, 9.17) is 0 Å². The number of amides is 1. The first-order valence-corrected chi connectivity index (χ1v) is 10.2. The van der Waals surface area contributed by atoms with Crippen LogP contribution in [0.15, 0.2) is 45.7 Å². The average Bonchev–Trinajstić information content (AvgIpc) is 3.08. The summed E-state index contributed by atoms with van der Waals surface area (Å²) in [5.74, 6) is 0.649. The van der Waals surface area contributed by atoms with E-state index in [9.17, 15) is 4.79 Å². The molecule has 0 aliphatic rings. The van der Waals surface area contributed by atoms with Gasteiger partial charge in [0.25, 0.3) is 5.91 Å². The molecule has 0 radical (unpaired) electrons. The zero-order chi connectivity index (χ0) is 18.8. The molecule has 3 N–H and O–H groups in total. The SMILES string of the molecule is CN=C(NCCNC(=O)c1scnc1C)NCC(C)Sc1ccccc1.I. The van der Waals surface area contributed by atoms with E-state index in [1.54, 1.807) is 12.6 Å². The Morgan fingerprint density at radius 1 is 1.22 bits per heavy atom. The van der Waals surface area contributed by atoms with Gasteiger partial charge in [-0.2, -0.15) is 0 Å². The van der Waals surface area contributed by atoms with Crippen LogP contribution in [0.5, 0.6) is 0 Å². The van der Waals surface area contributed by atoms with Gasteiger partial charge in [0.1, 0.15) is 4.88 Å². The quantitative estimate of drug-likeness (QED) is 0.164. The minimum absolute atomic E-state index is 0. The van der Waals surface area contributed by atoms with Crippen molar-refractivity contribution in [2.75, 3.05) is 26.7 Å². The third-order valence-electron chi connectivity index (χ3n) is 3.52. The number of thioether (sulfide) groups is 1. The van der Waals surface area contributed by atoms with Gasteiger partial charge in [0.15, 0.2) is 5.96 Å². The fraction of sp³-hybridized carbons (Fsp3) is 0.389. The fourth-order valence-electron chi connectivity index (χ4n) is 2.19. The Bertz CT molecular complexity index is 724. The predicted octanol–water partition coefficient (Wildman–Crippen LogP) is 3.15. The number of thiazole rings is 1. The summed E-state index contributed by atoms with van der Waals surface area (Å²) in [5.41, 5.74) is 2.45. The van der Waals surface area contributed by atoms with Gasteiger partial charge < -0.3 is 16.0 Å². The molecule has 0 saturated heterocycles. The molecular weight excluding hydrogens is 493 g/mol. The van der Waals surface area contributed by atoms with Crippen LogP contribution in [0.25, 0.3) is 0 Å². The second kappa shape index (κ2) is 12.9. The molecule has 1 aromatic heterocycles. The van der Waals surface area contributed by atoms with E-state index in [1.807, 2.05) is 36.9 Å². The summed E-state index contributed by atoms with van der Waals surface area (Å²) in [5, 5.41) is 9.81. The Morgan fingerprint density at radius 3 is 2.56 bits per heavy atom. The summed E-state index contributed by atoms with van der Waals surface area (Å²) < 4.78 is 0. The molecule has 0 fully saturated rings. The lowest BCUT2D eigenvalue weighted by atomic mass is 10.4. The van der Waals surface area contributed by atoms with Crippen molar-refractivity contribution in [1.82, 2.24) is 20.9 Å². The van der Waals surface area contributed by atoms with Crippen LogP contribution < -0.4 is 16.0 Å². The number of halogens is 1. The van der Waals surface area contributed by atoms with Crippen molar-refractivity contribution in [3.63, 3.8) is 0 Å². The van der Waals surface area contributed by atoms with Crippen molar-refractivity contribution in [1.29, 1.82) is 0 Å². The molecule has 2 aromatic rings. The van der Waals surface area contributed by atoms with Crippen LogP contribution in [0, 0.1) is 6.92 Å². The summed E-state index contributed by atoms with van der Waals surface area (Å²) in [7, 11) is 1.74. The summed E-state index contributed by atoms with van der Waals surface area (Å²) in [4.78, 5) is 22.2. The number of carbonyl (C=O) groups is 1. The molecule has 1 aromatic carbocycles. The van der Waals surface area contributed by atoms with E-state index < -0.39 is 0 Å². The minimum atomic E-state index is -0.0809. The molecule has 0 saturated carbocycles. The molecular formula is C18H26IN5OS2. The molecule has 27 heavy (non-hydrogen) atoms. The van der Waals surface area contributed by atoms with Gasteiger partial charge >= 0.3 is 0 Å². The molecule has 9 heteroatoms. The van der Waals surface area contributed by atoms with Crippen molar-refractivity contribution < 1.29 is 4.79 Å². The molecule has 1 amide bonds. The summed E-state index contributed by atoms with van der Waals surface area (Å²) in [6.07, 6.45) is 0. The minimum Gasteiger partial charge on any atom is -0.355 e. The number of aromatic nitrogens is 1.